The molecule has 0 unspecified atom stereocenters. The van der Waals surface area contributed by atoms with E-state index in [9.17, 15) is 22.8 Å². The number of hydrogen-bond acceptors (Lipinski definition) is 5. The summed E-state index contributed by atoms with van der Waals surface area (Å²) in [6, 6.07) is 11.8. The third kappa shape index (κ3) is 4.15. The Hall–Kier alpha value is -4.22. The van der Waals surface area contributed by atoms with Crippen molar-refractivity contribution in [1.82, 2.24) is 35.2 Å². The highest BCUT2D eigenvalue weighted by Gasteiger charge is 2.35. The number of aromatic nitrogens is 5. The molecule has 0 aliphatic heterocycles. The number of hydrazine groups is 1. The van der Waals surface area contributed by atoms with E-state index in [2.05, 4.69) is 26.0 Å². The number of carbonyl (C=O) groups excluding carboxylic acids is 2. The van der Waals surface area contributed by atoms with Crippen LogP contribution in [0.15, 0.2) is 54.7 Å². The van der Waals surface area contributed by atoms with Gasteiger partial charge in [-0.1, -0.05) is 30.3 Å². The van der Waals surface area contributed by atoms with E-state index in [0.29, 0.717) is 16.6 Å². The second kappa shape index (κ2) is 8.13. The second-order valence-corrected chi connectivity index (χ2v) is 6.65. The average Bonchev–Trinajstić information content (AvgIpc) is 3.43. The SMILES string of the molecule is CCn1ccc(C(=O)NNC(=O)c2cc3nc(-c4ccccc4)cc(C(F)(F)F)n3n2)n1. The van der Waals surface area contributed by atoms with Crippen LogP contribution in [0.3, 0.4) is 0 Å². The third-order valence-electron chi connectivity index (χ3n) is 4.51. The summed E-state index contributed by atoms with van der Waals surface area (Å²) in [4.78, 5) is 28.7. The third-order valence-corrected chi connectivity index (χ3v) is 4.51. The molecular formula is C20H16F3N7O2. The van der Waals surface area contributed by atoms with Crippen LogP contribution in [0.25, 0.3) is 16.9 Å². The van der Waals surface area contributed by atoms with Gasteiger partial charge in [0.05, 0.1) is 5.69 Å². The minimum absolute atomic E-state index is 0.0654. The molecule has 12 heteroatoms. The minimum Gasteiger partial charge on any atom is -0.272 e. The summed E-state index contributed by atoms with van der Waals surface area (Å²) in [6.45, 7) is 2.40. The fourth-order valence-electron chi connectivity index (χ4n) is 2.94. The number of fused-ring (bicyclic) bond motifs is 1. The van der Waals surface area contributed by atoms with Gasteiger partial charge in [0, 0.05) is 24.4 Å². The fraction of sp³-hybridized carbons (Fsp3) is 0.150. The van der Waals surface area contributed by atoms with Crippen molar-refractivity contribution in [2.75, 3.05) is 0 Å². The van der Waals surface area contributed by atoms with Gasteiger partial charge >= 0.3 is 6.18 Å². The number of nitrogens with one attached hydrogen (secondary N) is 2. The number of hydrogen-bond donors (Lipinski definition) is 2. The van der Waals surface area contributed by atoms with Crippen LogP contribution in [0.1, 0.15) is 33.6 Å². The smallest absolute Gasteiger partial charge is 0.272 e. The summed E-state index contributed by atoms with van der Waals surface area (Å²) >= 11 is 0. The molecule has 2 amide bonds. The number of amides is 2. The van der Waals surface area contributed by atoms with Crippen molar-refractivity contribution in [1.29, 1.82) is 0 Å². The molecule has 0 spiro atoms. The van der Waals surface area contributed by atoms with Crippen LogP contribution in [0.2, 0.25) is 0 Å². The highest BCUT2D eigenvalue weighted by atomic mass is 19.4. The molecule has 0 fully saturated rings. The number of aryl methyl sites for hydroxylation is 1. The van der Waals surface area contributed by atoms with Gasteiger partial charge in [0.25, 0.3) is 11.8 Å². The van der Waals surface area contributed by atoms with Crippen molar-refractivity contribution >= 4 is 17.5 Å². The summed E-state index contributed by atoms with van der Waals surface area (Å²) in [7, 11) is 0. The first-order valence-corrected chi connectivity index (χ1v) is 9.44. The largest absolute Gasteiger partial charge is 0.433 e. The summed E-state index contributed by atoms with van der Waals surface area (Å²) in [5, 5.41) is 7.72. The second-order valence-electron chi connectivity index (χ2n) is 6.65. The van der Waals surface area contributed by atoms with Crippen LogP contribution < -0.4 is 10.9 Å². The van der Waals surface area contributed by atoms with Gasteiger partial charge in [0.2, 0.25) is 0 Å². The van der Waals surface area contributed by atoms with Crippen LogP contribution in [-0.4, -0.2) is 36.2 Å². The molecule has 0 radical (unpaired) electrons. The van der Waals surface area contributed by atoms with E-state index in [1.807, 2.05) is 6.92 Å². The molecule has 32 heavy (non-hydrogen) atoms. The molecule has 0 aliphatic rings. The Kier molecular flexibility index (Phi) is 5.34. The van der Waals surface area contributed by atoms with E-state index in [0.717, 1.165) is 12.1 Å². The monoisotopic (exact) mass is 443 g/mol. The quantitative estimate of drug-likeness (QED) is 0.472. The van der Waals surface area contributed by atoms with E-state index < -0.39 is 23.7 Å². The van der Waals surface area contributed by atoms with E-state index >= 15 is 0 Å². The van der Waals surface area contributed by atoms with Crippen molar-refractivity contribution in [3.63, 3.8) is 0 Å². The first-order chi connectivity index (χ1) is 15.3. The zero-order chi connectivity index (χ0) is 22.9. The van der Waals surface area contributed by atoms with Gasteiger partial charge in [-0.05, 0) is 19.1 Å². The lowest BCUT2D eigenvalue weighted by Gasteiger charge is -2.10. The molecular weight excluding hydrogens is 427 g/mol. The maximum absolute atomic E-state index is 13.6. The highest BCUT2D eigenvalue weighted by molar-refractivity contribution is 5.97. The molecule has 0 bridgehead atoms. The standard InChI is InChI=1S/C20H16F3N7O2/c1-2-29-9-8-13(27-29)18(31)25-26-19(32)15-11-17-24-14(12-6-4-3-5-7-12)10-16(20(21,22)23)30(17)28-15/h3-11H,2H2,1H3,(H,25,31)(H,26,32). The van der Waals surface area contributed by atoms with E-state index in [4.69, 9.17) is 0 Å². The molecule has 4 rings (SSSR count). The number of nitrogens with zero attached hydrogens (tertiary/aromatic N) is 5. The normalized spacial score (nSPS) is 11.5. The Balaban J connectivity index is 1.62. The predicted octanol–water partition coefficient (Wildman–Crippen LogP) is 2.71. The molecule has 0 aliphatic carbocycles. The lowest BCUT2D eigenvalue weighted by atomic mass is 10.1. The minimum atomic E-state index is -4.74. The predicted molar refractivity (Wildman–Crippen MR) is 106 cm³/mol. The average molecular weight is 443 g/mol. The van der Waals surface area contributed by atoms with Crippen molar-refractivity contribution < 1.29 is 22.8 Å². The maximum atomic E-state index is 13.6. The Morgan fingerprint density at radius 3 is 2.28 bits per heavy atom. The lowest BCUT2D eigenvalue weighted by Crippen LogP contribution is -2.42. The Labute approximate surface area is 178 Å². The van der Waals surface area contributed by atoms with Gasteiger partial charge < -0.3 is 0 Å². The molecule has 9 nitrogen and oxygen atoms in total. The van der Waals surface area contributed by atoms with Crippen LogP contribution in [0, 0.1) is 0 Å². The van der Waals surface area contributed by atoms with Crippen molar-refractivity contribution in [2.24, 2.45) is 0 Å². The summed E-state index contributed by atoms with van der Waals surface area (Å²) in [5.74, 6) is -1.59. The van der Waals surface area contributed by atoms with Gasteiger partial charge in [-0.25, -0.2) is 9.50 Å². The number of alkyl halides is 3. The highest BCUT2D eigenvalue weighted by Crippen LogP contribution is 2.32. The molecule has 4 aromatic rings. The van der Waals surface area contributed by atoms with Crippen molar-refractivity contribution in [3.05, 3.63) is 71.8 Å². The first-order valence-electron chi connectivity index (χ1n) is 9.44. The Morgan fingerprint density at radius 1 is 0.969 bits per heavy atom. The zero-order valence-electron chi connectivity index (χ0n) is 16.6. The molecule has 164 valence electrons. The maximum Gasteiger partial charge on any atom is 0.433 e. The number of benzene rings is 1. The number of carbonyl (C=O) groups is 2. The summed E-state index contributed by atoms with van der Waals surface area (Å²) in [6.07, 6.45) is -3.15. The van der Waals surface area contributed by atoms with Crippen molar-refractivity contribution in [3.8, 4) is 11.3 Å². The molecule has 3 aromatic heterocycles. The van der Waals surface area contributed by atoms with Crippen molar-refractivity contribution in [2.45, 2.75) is 19.6 Å². The topological polar surface area (TPSA) is 106 Å². The van der Waals surface area contributed by atoms with Crippen LogP contribution in [-0.2, 0) is 12.7 Å². The Bertz CT molecular complexity index is 1300. The van der Waals surface area contributed by atoms with Crippen LogP contribution in [0.4, 0.5) is 13.2 Å². The van der Waals surface area contributed by atoms with E-state index in [1.165, 1.54) is 10.7 Å². The van der Waals surface area contributed by atoms with Gasteiger partial charge in [0.1, 0.15) is 0 Å². The fourth-order valence-corrected chi connectivity index (χ4v) is 2.94. The first kappa shape index (κ1) is 21.0. The Morgan fingerprint density at radius 2 is 1.66 bits per heavy atom. The molecule has 0 atom stereocenters. The lowest BCUT2D eigenvalue weighted by molar-refractivity contribution is -0.142. The molecule has 3 heterocycles. The van der Waals surface area contributed by atoms with Gasteiger partial charge in [-0.15, -0.1) is 0 Å². The molecule has 2 N–H and O–H groups in total. The van der Waals surface area contributed by atoms with E-state index in [-0.39, 0.29) is 22.7 Å². The van der Waals surface area contributed by atoms with Crippen LogP contribution >= 0.6 is 0 Å². The van der Waals surface area contributed by atoms with E-state index in [1.54, 1.807) is 36.5 Å². The van der Waals surface area contributed by atoms with Gasteiger partial charge in [0.15, 0.2) is 22.7 Å². The van der Waals surface area contributed by atoms with Crippen LogP contribution in [0.5, 0.6) is 0 Å². The molecule has 1 aromatic carbocycles. The molecule has 0 saturated heterocycles. The molecule has 0 saturated carbocycles. The summed E-state index contributed by atoms with van der Waals surface area (Å²) in [5.41, 5.74) is 3.28. The number of halogens is 3. The zero-order valence-corrected chi connectivity index (χ0v) is 16.6. The number of rotatable bonds is 4. The van der Waals surface area contributed by atoms with Gasteiger partial charge in [-0.3, -0.25) is 25.1 Å². The van der Waals surface area contributed by atoms with Gasteiger partial charge in [-0.2, -0.15) is 23.4 Å². The summed E-state index contributed by atoms with van der Waals surface area (Å²) < 4.78 is 43.0.